The lowest BCUT2D eigenvalue weighted by Gasteiger charge is -2.31. The van der Waals surface area contributed by atoms with E-state index >= 15 is 0 Å². The molecule has 0 saturated carbocycles. The summed E-state index contributed by atoms with van der Waals surface area (Å²) in [5.74, 6) is -4.64. The lowest BCUT2D eigenvalue weighted by molar-refractivity contribution is 0.129. The van der Waals surface area contributed by atoms with Gasteiger partial charge in [-0.1, -0.05) is 27.7 Å². The number of benzene rings is 4. The molecule has 1 aliphatic carbocycles. The van der Waals surface area contributed by atoms with Crippen molar-refractivity contribution in [1.29, 1.82) is 0 Å². The molecule has 60 heavy (non-hydrogen) atoms. The number of phenols is 8. The summed E-state index contributed by atoms with van der Waals surface area (Å²) in [6.07, 6.45) is 1.40. The third-order valence-corrected chi connectivity index (χ3v) is 12.2. The molecule has 0 fully saturated rings. The average Bonchev–Trinajstić information content (AvgIpc) is 3.23. The van der Waals surface area contributed by atoms with Crippen LogP contribution in [0.25, 0.3) is 0 Å². The monoisotopic (exact) mass is 832 g/mol. The average molecular weight is 833 g/mol. The first-order valence-electron chi connectivity index (χ1n) is 21.4. The van der Waals surface area contributed by atoms with Gasteiger partial charge in [-0.25, -0.2) is 0 Å². The van der Waals surface area contributed by atoms with Gasteiger partial charge < -0.3 is 59.8 Å². The topological polar surface area (TPSA) is 199 Å². The van der Waals surface area contributed by atoms with Crippen molar-refractivity contribution >= 4 is 0 Å². The number of aromatic hydroxyl groups is 8. The van der Waals surface area contributed by atoms with Crippen molar-refractivity contribution in [3.8, 4) is 46.0 Å². The van der Waals surface area contributed by atoms with E-state index in [0.717, 1.165) is 0 Å². The van der Waals surface area contributed by atoms with Gasteiger partial charge in [-0.2, -0.15) is 0 Å². The Balaban J connectivity index is 2.08. The summed E-state index contributed by atoms with van der Waals surface area (Å²) in [5.41, 5.74) is 3.54. The molecule has 0 radical (unpaired) electrons. The van der Waals surface area contributed by atoms with Crippen LogP contribution in [0.1, 0.15) is 172 Å². The highest BCUT2D eigenvalue weighted by Gasteiger charge is 2.36. The lowest BCUT2D eigenvalue weighted by Crippen LogP contribution is -2.13. The lowest BCUT2D eigenvalue weighted by atomic mass is 9.76. The molecule has 328 valence electrons. The molecule has 0 unspecified atom stereocenters. The summed E-state index contributed by atoms with van der Waals surface area (Å²) < 4.78 is 23.2. The third-order valence-electron chi connectivity index (χ3n) is 12.2. The van der Waals surface area contributed by atoms with Gasteiger partial charge in [0, 0.05) is 94.6 Å². The molecule has 12 nitrogen and oxygen atoms in total. The Kier molecular flexibility index (Phi) is 15.5. The second kappa shape index (κ2) is 20.1. The van der Waals surface area contributed by atoms with E-state index in [1.807, 2.05) is 27.7 Å². The van der Waals surface area contributed by atoms with Gasteiger partial charge in [-0.3, -0.25) is 0 Å². The number of hydrogen-bond donors (Lipinski definition) is 8. The summed E-state index contributed by atoms with van der Waals surface area (Å²) >= 11 is 0. The molecule has 0 amide bonds. The summed E-state index contributed by atoms with van der Waals surface area (Å²) in [6.45, 7) is 15.4. The number of phenolic OH excluding ortho intramolecular Hbond substituents is 8. The molecule has 8 N–H and O–H groups in total. The van der Waals surface area contributed by atoms with Crippen LogP contribution in [0.3, 0.4) is 0 Å². The summed E-state index contributed by atoms with van der Waals surface area (Å²) in [6, 6.07) is 6.80. The minimum atomic E-state index is -0.716. The number of rotatable bonds is 16. The molecule has 0 spiro atoms. The molecule has 0 saturated heterocycles. The van der Waals surface area contributed by atoms with Crippen molar-refractivity contribution in [3.05, 3.63) is 91.0 Å². The number of fused-ring (bicyclic) bond motifs is 8. The Bertz CT molecular complexity index is 1730. The van der Waals surface area contributed by atoms with E-state index in [-0.39, 0.29) is 94.7 Å². The van der Waals surface area contributed by atoms with Crippen LogP contribution in [0, 0.1) is 0 Å². The molecular weight excluding hydrogens is 769 g/mol. The molecule has 0 aliphatic heterocycles. The van der Waals surface area contributed by atoms with E-state index in [0.29, 0.717) is 96.6 Å². The van der Waals surface area contributed by atoms with Gasteiger partial charge in [-0.15, -0.1) is 0 Å². The van der Waals surface area contributed by atoms with E-state index in [1.54, 1.807) is 52.0 Å². The van der Waals surface area contributed by atoms with Crippen molar-refractivity contribution in [2.24, 2.45) is 0 Å². The first-order valence-corrected chi connectivity index (χ1v) is 21.4. The minimum absolute atomic E-state index is 0.132. The third kappa shape index (κ3) is 8.39. The Labute approximate surface area is 353 Å². The van der Waals surface area contributed by atoms with E-state index in [9.17, 15) is 40.9 Å². The summed E-state index contributed by atoms with van der Waals surface area (Å²) in [7, 11) is 0. The smallest absolute Gasteiger partial charge is 0.128 e. The number of hydrogen-bond acceptors (Lipinski definition) is 12. The Morgan fingerprint density at radius 3 is 0.567 bits per heavy atom. The zero-order chi connectivity index (χ0) is 44.0. The van der Waals surface area contributed by atoms with Gasteiger partial charge in [0.25, 0.3) is 0 Å². The van der Waals surface area contributed by atoms with Crippen LogP contribution < -0.4 is 0 Å². The maximum atomic E-state index is 12.1. The standard InChI is InChI=1S/C48H64O12/c1-9-25-29-17-31(43(51)37(41(29)49)21-57-13-5)26(10-2)33-19-35(47(55)39(45(33)53)23-59-15-7)28(12-4)36-20-34(46(54)40(48(36)56)24-60-16-8)27(11-3)32-18-30(25)42(50)38(44(32)52)22-58-14-6/h17-20,25-28,49-56H,9-16,21-24H2,1-8H3. The summed E-state index contributed by atoms with van der Waals surface area (Å²) in [5, 5.41) is 96.9. The second-order valence-corrected chi connectivity index (χ2v) is 15.3. The predicted octanol–water partition coefficient (Wildman–Crippen LogP) is 9.96. The van der Waals surface area contributed by atoms with Crippen LogP contribution >= 0.6 is 0 Å². The zero-order valence-corrected chi connectivity index (χ0v) is 36.3. The Hall–Kier alpha value is -4.88. The van der Waals surface area contributed by atoms with Gasteiger partial charge in [0.2, 0.25) is 0 Å². The van der Waals surface area contributed by atoms with Crippen molar-refractivity contribution < 1.29 is 59.8 Å². The highest BCUT2D eigenvalue weighted by atomic mass is 16.5. The first-order chi connectivity index (χ1) is 28.8. The van der Waals surface area contributed by atoms with Crippen molar-refractivity contribution in [2.45, 2.75) is 131 Å². The molecule has 0 atom stereocenters. The fourth-order valence-corrected chi connectivity index (χ4v) is 8.98. The second-order valence-electron chi connectivity index (χ2n) is 15.3. The van der Waals surface area contributed by atoms with Crippen LogP contribution in [-0.4, -0.2) is 67.3 Å². The zero-order valence-electron chi connectivity index (χ0n) is 36.3. The van der Waals surface area contributed by atoms with Gasteiger partial charge in [0.05, 0.1) is 48.7 Å². The van der Waals surface area contributed by atoms with Crippen LogP contribution in [0.4, 0.5) is 0 Å². The largest absolute Gasteiger partial charge is 0.507 e. The molecule has 12 heteroatoms. The van der Waals surface area contributed by atoms with E-state index in [2.05, 4.69) is 0 Å². The van der Waals surface area contributed by atoms with Crippen LogP contribution in [0.5, 0.6) is 46.0 Å². The summed E-state index contributed by atoms with van der Waals surface area (Å²) in [4.78, 5) is 0. The fourth-order valence-electron chi connectivity index (χ4n) is 8.98. The molecule has 4 aromatic carbocycles. The molecule has 8 bridgehead atoms. The van der Waals surface area contributed by atoms with E-state index < -0.39 is 23.7 Å². The van der Waals surface area contributed by atoms with E-state index in [4.69, 9.17) is 18.9 Å². The minimum Gasteiger partial charge on any atom is -0.507 e. The maximum Gasteiger partial charge on any atom is 0.128 e. The molecule has 1 aliphatic rings. The normalized spacial score (nSPS) is 17.6. The van der Waals surface area contributed by atoms with Gasteiger partial charge in [0.1, 0.15) is 46.0 Å². The fraction of sp³-hybridized carbons (Fsp3) is 0.500. The van der Waals surface area contributed by atoms with Crippen LogP contribution in [-0.2, 0) is 45.4 Å². The van der Waals surface area contributed by atoms with Crippen molar-refractivity contribution in [2.75, 3.05) is 26.4 Å². The molecule has 4 aromatic rings. The SMILES string of the molecule is CCOCc1c(O)c2cc(c1O)C(CC)c1cc(c(O)c(COCC)c1O)C(CC)c1cc(c(O)c(COCC)c1O)C(CC)c1cc(c(O)c(COCC)c1O)C2CC. The van der Waals surface area contributed by atoms with E-state index in [1.165, 1.54) is 0 Å². The van der Waals surface area contributed by atoms with Crippen molar-refractivity contribution in [1.82, 2.24) is 0 Å². The Morgan fingerprint density at radius 1 is 0.300 bits per heavy atom. The van der Waals surface area contributed by atoms with Gasteiger partial charge in [-0.05, 0) is 77.6 Å². The highest BCUT2D eigenvalue weighted by molar-refractivity contribution is 5.67. The molecular formula is C48H64O12. The van der Waals surface area contributed by atoms with Crippen LogP contribution in [0.2, 0.25) is 0 Å². The number of ether oxygens (including phenoxy) is 4. The van der Waals surface area contributed by atoms with Crippen LogP contribution in [0.15, 0.2) is 24.3 Å². The highest BCUT2D eigenvalue weighted by Crippen LogP contribution is 2.55. The van der Waals surface area contributed by atoms with Gasteiger partial charge in [0.15, 0.2) is 0 Å². The first kappa shape index (κ1) is 46.2. The molecule has 0 heterocycles. The Morgan fingerprint density at radius 2 is 0.450 bits per heavy atom. The van der Waals surface area contributed by atoms with Crippen molar-refractivity contribution in [3.63, 3.8) is 0 Å². The quantitative estimate of drug-likeness (QED) is 0.0532. The van der Waals surface area contributed by atoms with Gasteiger partial charge >= 0.3 is 0 Å². The molecule has 5 rings (SSSR count). The molecule has 0 aromatic heterocycles. The predicted molar refractivity (Wildman–Crippen MR) is 229 cm³/mol. The maximum absolute atomic E-state index is 12.1.